The van der Waals surface area contributed by atoms with Crippen LogP contribution < -0.4 is 16.2 Å². The van der Waals surface area contributed by atoms with E-state index in [0.29, 0.717) is 19.6 Å². The molecule has 1 aromatic heterocycles. The summed E-state index contributed by atoms with van der Waals surface area (Å²) in [5.41, 5.74) is 10.9. The zero-order valence-electron chi connectivity index (χ0n) is 19.5. The van der Waals surface area contributed by atoms with Crippen LogP contribution in [0.5, 0.6) is 0 Å². The third-order valence-electron chi connectivity index (χ3n) is 7.90. The van der Waals surface area contributed by atoms with Crippen LogP contribution in [0.4, 0.5) is 14.9 Å². The number of ether oxygens (including phenoxy) is 1. The largest absolute Gasteiger partial charge is 0.475 e. The molecule has 2 fully saturated rings. The van der Waals surface area contributed by atoms with Crippen LogP contribution in [0, 0.1) is 0 Å². The summed E-state index contributed by atoms with van der Waals surface area (Å²) in [4.78, 5) is 24.1. The monoisotopic (exact) mass is 503 g/mol. The molecule has 1 saturated carbocycles. The van der Waals surface area contributed by atoms with Crippen molar-refractivity contribution in [2.24, 2.45) is 20.2 Å². The highest BCUT2D eigenvalue weighted by atomic mass is 32.2. The maximum Gasteiger partial charge on any atom is 0.354 e. The predicted octanol–water partition coefficient (Wildman–Crippen LogP) is 1.67. The van der Waals surface area contributed by atoms with Crippen molar-refractivity contribution in [1.82, 2.24) is 9.88 Å². The van der Waals surface area contributed by atoms with Crippen molar-refractivity contribution < 1.29 is 18.1 Å². The number of alkyl halides is 1. The van der Waals surface area contributed by atoms with Crippen LogP contribution in [0.3, 0.4) is 0 Å². The molecule has 0 bridgehead atoms. The molecular weight excluding hydrogens is 473 g/mol. The van der Waals surface area contributed by atoms with Crippen LogP contribution in [0.15, 0.2) is 20.5 Å². The molecule has 5 N–H and O–H groups in total. The summed E-state index contributed by atoms with van der Waals surface area (Å²) < 4.78 is 35.9. The van der Waals surface area contributed by atoms with Crippen LogP contribution >= 0.6 is 0 Å². The number of aliphatic imine (C=N–C) groups is 1. The summed E-state index contributed by atoms with van der Waals surface area (Å²) in [6.45, 7) is 1.27. The van der Waals surface area contributed by atoms with Crippen molar-refractivity contribution in [3.63, 3.8) is 0 Å². The first kappa shape index (κ1) is 22.9. The number of fused-ring (bicyclic) bond motifs is 3. The van der Waals surface area contributed by atoms with Crippen LogP contribution in [0.25, 0.3) is 0 Å². The standard InChI is InChI=1S/C23H30FN7O3S/c24-13-10-31(11-13)14-9-27-21(34-12-14)18(8-25)35(26,33)30-22(32)29-19-15-2-1-3-17(15)28-20-16(19)4-5-23(20)6-7-23/h8,13-14H,1-7,9-12,25H2,(H3,26,28,29,30,32,33)/b18-8+. The highest BCUT2D eigenvalue weighted by Crippen LogP contribution is 2.58. The first-order valence-corrected chi connectivity index (χ1v) is 13.8. The summed E-state index contributed by atoms with van der Waals surface area (Å²) >= 11 is 0. The third kappa shape index (κ3) is 3.91. The molecule has 1 spiro atoms. The van der Waals surface area contributed by atoms with E-state index in [1.807, 2.05) is 4.90 Å². The first-order valence-electron chi connectivity index (χ1n) is 12.2. The lowest BCUT2D eigenvalue weighted by Gasteiger charge is -2.41. The van der Waals surface area contributed by atoms with Crippen molar-refractivity contribution in [3.8, 4) is 0 Å². The molecule has 3 heterocycles. The van der Waals surface area contributed by atoms with Gasteiger partial charge < -0.3 is 15.8 Å². The van der Waals surface area contributed by atoms with E-state index >= 15 is 0 Å². The number of carbonyl (C=O) groups excluding carboxylic acids is 1. The second kappa shape index (κ2) is 8.24. The zero-order chi connectivity index (χ0) is 24.4. The maximum absolute atomic E-state index is 13.3. The van der Waals surface area contributed by atoms with Gasteiger partial charge in [0.1, 0.15) is 17.7 Å². The van der Waals surface area contributed by atoms with Gasteiger partial charge in [0.2, 0.25) is 5.90 Å². The molecule has 10 nitrogen and oxygen atoms in total. The molecule has 0 radical (unpaired) electrons. The molecule has 3 aliphatic carbocycles. The number of pyridine rings is 1. The van der Waals surface area contributed by atoms with Crippen LogP contribution in [0.2, 0.25) is 0 Å². The summed E-state index contributed by atoms with van der Waals surface area (Å²) in [5, 5.41) is 8.90. The van der Waals surface area contributed by atoms with Gasteiger partial charge in [0.15, 0.2) is 9.92 Å². The Hall–Kier alpha value is -2.57. The topological polar surface area (TPSA) is 148 Å². The fourth-order valence-electron chi connectivity index (χ4n) is 5.76. The van der Waals surface area contributed by atoms with Gasteiger partial charge in [-0.15, -0.1) is 4.36 Å². The molecule has 6 rings (SSSR count). The van der Waals surface area contributed by atoms with Gasteiger partial charge in [0.05, 0.1) is 24.0 Å². The van der Waals surface area contributed by atoms with Gasteiger partial charge in [0, 0.05) is 30.4 Å². The Kier molecular flexibility index (Phi) is 5.38. The Morgan fingerprint density at radius 1 is 1.26 bits per heavy atom. The van der Waals surface area contributed by atoms with Crippen molar-refractivity contribution in [3.05, 3.63) is 33.6 Å². The van der Waals surface area contributed by atoms with Gasteiger partial charge in [-0.2, -0.15) is 0 Å². The average molecular weight is 504 g/mol. The number of hydrogen-bond donors (Lipinski definition) is 3. The van der Waals surface area contributed by atoms with Crippen LogP contribution in [-0.2, 0) is 39.3 Å². The normalized spacial score (nSPS) is 26.7. The van der Waals surface area contributed by atoms with Gasteiger partial charge in [-0.05, 0) is 56.1 Å². The Balaban J connectivity index is 1.23. The van der Waals surface area contributed by atoms with E-state index in [0.717, 1.165) is 79.3 Å². The molecule has 188 valence electrons. The second-order valence-electron chi connectivity index (χ2n) is 10.2. The maximum atomic E-state index is 13.3. The number of aromatic nitrogens is 1. The van der Waals surface area contributed by atoms with E-state index in [9.17, 15) is 13.4 Å². The number of nitrogens with zero attached hydrogens (tertiary/aromatic N) is 4. The van der Waals surface area contributed by atoms with Gasteiger partial charge in [-0.1, -0.05) is 0 Å². The Morgan fingerprint density at radius 3 is 2.71 bits per heavy atom. The van der Waals surface area contributed by atoms with E-state index in [1.54, 1.807) is 0 Å². The molecule has 1 saturated heterocycles. The lowest BCUT2D eigenvalue weighted by molar-refractivity contribution is 0.00709. The zero-order valence-corrected chi connectivity index (χ0v) is 20.3. The molecule has 5 aliphatic rings. The Labute approximate surface area is 203 Å². The minimum absolute atomic E-state index is 0.00601. The molecule has 2 atom stereocenters. The number of carbonyl (C=O) groups is 1. The predicted molar refractivity (Wildman–Crippen MR) is 130 cm³/mol. The number of amides is 2. The number of halogens is 1. The van der Waals surface area contributed by atoms with E-state index in [2.05, 4.69) is 14.7 Å². The molecule has 2 amide bonds. The summed E-state index contributed by atoms with van der Waals surface area (Å²) in [6, 6.07) is -0.857. The van der Waals surface area contributed by atoms with Gasteiger partial charge in [0.25, 0.3) is 0 Å². The number of likely N-dealkylation sites (tertiary alicyclic amines) is 1. The van der Waals surface area contributed by atoms with Crippen molar-refractivity contribution in [1.29, 1.82) is 0 Å². The molecule has 2 aliphatic heterocycles. The number of nitrogens with two attached hydrogens (primary N) is 2. The van der Waals surface area contributed by atoms with E-state index in [1.165, 1.54) is 0 Å². The third-order valence-corrected chi connectivity index (χ3v) is 9.28. The minimum Gasteiger partial charge on any atom is -0.475 e. The summed E-state index contributed by atoms with van der Waals surface area (Å²) in [6.07, 6.45) is 7.13. The minimum atomic E-state index is -3.71. The fraction of sp³-hybridized carbons (Fsp3) is 0.609. The lowest BCUT2D eigenvalue weighted by Crippen LogP contribution is -2.57. The lowest BCUT2D eigenvalue weighted by atomic mass is 10.0. The van der Waals surface area contributed by atoms with E-state index < -0.39 is 22.1 Å². The van der Waals surface area contributed by atoms with Crippen LogP contribution in [-0.4, -0.2) is 64.5 Å². The molecule has 1 aromatic rings. The quantitative estimate of drug-likeness (QED) is 0.569. The van der Waals surface area contributed by atoms with Crippen molar-refractivity contribution in [2.75, 3.05) is 31.6 Å². The molecular formula is C23H30FN7O3S. The summed E-state index contributed by atoms with van der Waals surface area (Å²) in [5.74, 6) is 0.00601. The van der Waals surface area contributed by atoms with Crippen LogP contribution in [0.1, 0.15) is 48.2 Å². The molecule has 12 heteroatoms. The second-order valence-corrected chi connectivity index (χ2v) is 11.9. The fourth-order valence-corrected chi connectivity index (χ4v) is 6.72. The highest BCUT2D eigenvalue weighted by molar-refractivity contribution is 7.96. The SMILES string of the molecule is N/C=C(\C1=NCC(N2CC(F)C2)CO1)S(N)(=O)=NC(=O)Nc1c2c(nc3c1CCC31CC1)CCC2. The number of nitrogens with one attached hydrogen (secondary N) is 1. The van der Waals surface area contributed by atoms with E-state index in [-0.39, 0.29) is 28.9 Å². The smallest absolute Gasteiger partial charge is 0.354 e. The Morgan fingerprint density at radius 2 is 2.06 bits per heavy atom. The van der Waals surface area contributed by atoms with Gasteiger partial charge in [-0.25, -0.2) is 23.5 Å². The Bertz CT molecular complexity index is 1280. The van der Waals surface area contributed by atoms with Gasteiger partial charge in [-0.3, -0.25) is 9.88 Å². The number of aryl methyl sites for hydroxylation is 1. The highest BCUT2D eigenvalue weighted by Gasteiger charge is 2.51. The number of urea groups is 1. The van der Waals surface area contributed by atoms with E-state index in [4.69, 9.17) is 20.6 Å². The number of hydrogen-bond acceptors (Lipinski definition) is 7. The molecule has 2 unspecified atom stereocenters. The van der Waals surface area contributed by atoms with Crippen molar-refractivity contribution in [2.45, 2.75) is 62.6 Å². The molecule has 35 heavy (non-hydrogen) atoms. The van der Waals surface area contributed by atoms with Gasteiger partial charge >= 0.3 is 6.03 Å². The average Bonchev–Trinajstić information content (AvgIpc) is 3.27. The summed E-state index contributed by atoms with van der Waals surface area (Å²) in [7, 11) is -3.71. The molecule has 0 aromatic carbocycles. The van der Waals surface area contributed by atoms with Crippen molar-refractivity contribution >= 4 is 27.5 Å². The number of anilines is 1. The first-order chi connectivity index (χ1) is 16.8. The number of rotatable bonds is 4.